The standard InChI is InChI=1S/C20H20N2OS.ClH/c21-11-16-12-22(13-17(16)14-6-2-1-3-7-14)20(23)19-10-15-8-4-5-9-18(15)24-19;/h1-10,16-17H,11-13,21H2;1H/t16-,17+;/m1./s1. The third-order valence-electron chi connectivity index (χ3n) is 4.90. The molecule has 2 heterocycles. The lowest BCUT2D eigenvalue weighted by Gasteiger charge is -2.16. The Hall–Kier alpha value is -1.88. The Morgan fingerprint density at radius 3 is 2.52 bits per heavy atom. The molecule has 0 spiro atoms. The van der Waals surface area contributed by atoms with E-state index in [2.05, 4.69) is 36.4 Å². The molecule has 2 N–H and O–H groups in total. The minimum atomic E-state index is 0. The number of halogens is 1. The SMILES string of the molecule is Cl.NC[C@@H]1CN(C(=O)c2cc3ccccc3s2)C[C@H]1c1ccccc1. The molecule has 1 fully saturated rings. The fourth-order valence-corrected chi connectivity index (χ4v) is 4.63. The highest BCUT2D eigenvalue weighted by atomic mass is 35.5. The Balaban J connectivity index is 0.00000182. The van der Waals surface area contributed by atoms with Crippen LogP contribution in [-0.2, 0) is 0 Å². The van der Waals surface area contributed by atoms with Gasteiger partial charge in [-0.2, -0.15) is 0 Å². The molecule has 0 bridgehead atoms. The predicted molar refractivity (Wildman–Crippen MR) is 107 cm³/mol. The Morgan fingerprint density at radius 1 is 1.08 bits per heavy atom. The third kappa shape index (κ3) is 3.43. The molecule has 1 aliphatic heterocycles. The maximum absolute atomic E-state index is 13.0. The number of fused-ring (bicyclic) bond motifs is 1. The van der Waals surface area contributed by atoms with E-state index in [4.69, 9.17) is 5.73 Å². The number of nitrogens with zero attached hydrogens (tertiary/aromatic N) is 1. The molecule has 4 rings (SSSR count). The van der Waals surface area contributed by atoms with Crippen LogP contribution in [0.5, 0.6) is 0 Å². The molecule has 0 unspecified atom stereocenters. The van der Waals surface area contributed by atoms with Crippen molar-refractivity contribution in [2.75, 3.05) is 19.6 Å². The molecule has 3 nitrogen and oxygen atoms in total. The third-order valence-corrected chi connectivity index (χ3v) is 6.00. The summed E-state index contributed by atoms with van der Waals surface area (Å²) < 4.78 is 1.16. The summed E-state index contributed by atoms with van der Waals surface area (Å²) >= 11 is 1.58. The van der Waals surface area contributed by atoms with Gasteiger partial charge in [-0.05, 0) is 35.5 Å². The van der Waals surface area contributed by atoms with Crippen LogP contribution >= 0.6 is 23.7 Å². The van der Waals surface area contributed by atoms with Gasteiger partial charge in [0.05, 0.1) is 4.88 Å². The summed E-state index contributed by atoms with van der Waals surface area (Å²) in [5.74, 6) is 0.785. The zero-order valence-corrected chi connectivity index (χ0v) is 15.4. The van der Waals surface area contributed by atoms with Crippen molar-refractivity contribution in [3.05, 3.63) is 71.1 Å². The number of benzene rings is 2. The van der Waals surface area contributed by atoms with Crippen LogP contribution in [0, 0.1) is 5.92 Å². The van der Waals surface area contributed by atoms with Gasteiger partial charge < -0.3 is 10.6 Å². The second-order valence-corrected chi connectivity index (χ2v) is 7.46. The molecule has 1 aliphatic rings. The summed E-state index contributed by atoms with van der Waals surface area (Å²) in [4.78, 5) is 15.7. The van der Waals surface area contributed by atoms with Crippen LogP contribution in [0.15, 0.2) is 60.7 Å². The topological polar surface area (TPSA) is 46.3 Å². The van der Waals surface area contributed by atoms with Crippen LogP contribution < -0.4 is 5.73 Å². The number of nitrogens with two attached hydrogens (primary N) is 1. The highest BCUT2D eigenvalue weighted by molar-refractivity contribution is 7.20. The number of thiophene rings is 1. The normalized spacial score (nSPS) is 19.8. The molecule has 1 aromatic heterocycles. The van der Waals surface area contributed by atoms with E-state index in [1.807, 2.05) is 29.2 Å². The van der Waals surface area contributed by atoms with Gasteiger partial charge in [-0.1, -0.05) is 48.5 Å². The molecule has 1 saturated heterocycles. The lowest BCUT2D eigenvalue weighted by molar-refractivity contribution is 0.0791. The molecular formula is C20H21ClN2OS. The summed E-state index contributed by atoms with van der Waals surface area (Å²) in [5.41, 5.74) is 7.27. The van der Waals surface area contributed by atoms with Crippen molar-refractivity contribution in [2.24, 2.45) is 11.7 Å². The zero-order valence-electron chi connectivity index (χ0n) is 13.8. The Bertz CT molecular complexity index is 831. The van der Waals surface area contributed by atoms with Gasteiger partial charge >= 0.3 is 0 Å². The lowest BCUT2D eigenvalue weighted by Crippen LogP contribution is -2.29. The molecule has 0 saturated carbocycles. The molecule has 3 aromatic rings. The predicted octanol–water partition coefficient (Wildman–Crippen LogP) is 4.14. The zero-order chi connectivity index (χ0) is 16.5. The largest absolute Gasteiger partial charge is 0.337 e. The average molecular weight is 373 g/mol. The van der Waals surface area contributed by atoms with E-state index >= 15 is 0 Å². The number of hydrogen-bond donors (Lipinski definition) is 1. The first-order valence-corrected chi connectivity index (χ1v) is 9.11. The smallest absolute Gasteiger partial charge is 0.263 e. The Kier molecular flexibility index (Phi) is 5.42. The van der Waals surface area contributed by atoms with E-state index in [0.29, 0.717) is 18.4 Å². The van der Waals surface area contributed by atoms with Crippen molar-refractivity contribution < 1.29 is 4.79 Å². The van der Waals surface area contributed by atoms with Crippen LogP contribution in [0.1, 0.15) is 21.2 Å². The summed E-state index contributed by atoms with van der Waals surface area (Å²) in [7, 11) is 0. The Morgan fingerprint density at radius 2 is 1.80 bits per heavy atom. The molecule has 0 aliphatic carbocycles. The molecule has 2 aromatic carbocycles. The minimum absolute atomic E-state index is 0. The Labute approximate surface area is 157 Å². The first kappa shape index (κ1) is 17.9. The van der Waals surface area contributed by atoms with Crippen molar-refractivity contribution in [2.45, 2.75) is 5.92 Å². The quantitative estimate of drug-likeness (QED) is 0.751. The molecule has 5 heteroatoms. The molecule has 25 heavy (non-hydrogen) atoms. The summed E-state index contributed by atoms with van der Waals surface area (Å²) in [5, 5.41) is 1.14. The van der Waals surface area contributed by atoms with E-state index in [1.54, 1.807) is 11.3 Å². The van der Waals surface area contributed by atoms with Gasteiger partial charge in [-0.3, -0.25) is 4.79 Å². The van der Waals surface area contributed by atoms with Crippen molar-refractivity contribution in [1.29, 1.82) is 0 Å². The van der Waals surface area contributed by atoms with Gasteiger partial charge in [0, 0.05) is 23.7 Å². The van der Waals surface area contributed by atoms with Crippen molar-refractivity contribution in [3.63, 3.8) is 0 Å². The number of amides is 1. The minimum Gasteiger partial charge on any atom is -0.337 e. The van der Waals surface area contributed by atoms with Gasteiger partial charge in [0.2, 0.25) is 0 Å². The van der Waals surface area contributed by atoms with Gasteiger partial charge in [0.1, 0.15) is 0 Å². The maximum atomic E-state index is 13.0. The van der Waals surface area contributed by atoms with Crippen LogP contribution in [0.3, 0.4) is 0 Å². The second-order valence-electron chi connectivity index (χ2n) is 6.37. The molecule has 130 valence electrons. The molecule has 1 amide bonds. The maximum Gasteiger partial charge on any atom is 0.263 e. The van der Waals surface area contributed by atoms with Gasteiger partial charge in [0.25, 0.3) is 5.91 Å². The number of likely N-dealkylation sites (tertiary alicyclic amines) is 1. The number of carbonyl (C=O) groups excluding carboxylic acids is 1. The summed E-state index contributed by atoms with van der Waals surface area (Å²) in [6, 6.07) is 20.6. The van der Waals surface area contributed by atoms with Crippen molar-refractivity contribution in [1.82, 2.24) is 4.90 Å². The van der Waals surface area contributed by atoms with E-state index in [-0.39, 0.29) is 18.3 Å². The number of rotatable bonds is 3. The van der Waals surface area contributed by atoms with Crippen molar-refractivity contribution >= 4 is 39.7 Å². The summed E-state index contributed by atoms with van der Waals surface area (Å²) in [6.45, 7) is 2.10. The number of carbonyl (C=O) groups is 1. The van der Waals surface area contributed by atoms with E-state index < -0.39 is 0 Å². The fraction of sp³-hybridized carbons (Fsp3) is 0.250. The fourth-order valence-electron chi connectivity index (χ4n) is 3.60. The van der Waals surface area contributed by atoms with Crippen LogP contribution in [-0.4, -0.2) is 30.4 Å². The van der Waals surface area contributed by atoms with Crippen LogP contribution in [0.25, 0.3) is 10.1 Å². The second kappa shape index (κ2) is 7.56. The monoisotopic (exact) mass is 372 g/mol. The first-order valence-electron chi connectivity index (χ1n) is 8.29. The van der Waals surface area contributed by atoms with Gasteiger partial charge in [-0.15, -0.1) is 23.7 Å². The van der Waals surface area contributed by atoms with Gasteiger partial charge in [0.15, 0.2) is 0 Å². The average Bonchev–Trinajstić information content (AvgIpc) is 3.26. The molecular weight excluding hydrogens is 352 g/mol. The molecule has 2 atom stereocenters. The number of hydrogen-bond acceptors (Lipinski definition) is 3. The van der Waals surface area contributed by atoms with E-state index in [9.17, 15) is 4.79 Å². The lowest BCUT2D eigenvalue weighted by atomic mass is 9.89. The van der Waals surface area contributed by atoms with E-state index in [0.717, 1.165) is 28.1 Å². The highest BCUT2D eigenvalue weighted by Crippen LogP contribution is 2.34. The van der Waals surface area contributed by atoms with Crippen molar-refractivity contribution in [3.8, 4) is 0 Å². The summed E-state index contributed by atoms with van der Waals surface area (Å²) in [6.07, 6.45) is 0. The van der Waals surface area contributed by atoms with Crippen LogP contribution in [0.2, 0.25) is 0 Å². The van der Waals surface area contributed by atoms with Gasteiger partial charge in [-0.25, -0.2) is 0 Å². The van der Waals surface area contributed by atoms with Crippen LogP contribution in [0.4, 0.5) is 0 Å². The van der Waals surface area contributed by atoms with E-state index in [1.165, 1.54) is 5.56 Å². The molecule has 0 radical (unpaired) electrons. The highest BCUT2D eigenvalue weighted by Gasteiger charge is 2.35. The first-order chi connectivity index (χ1) is 11.8.